The lowest BCUT2D eigenvalue weighted by molar-refractivity contribution is -0.114. The molecule has 1 aliphatic rings. The molecule has 0 bridgehead atoms. The van der Waals surface area contributed by atoms with Crippen molar-refractivity contribution in [1.29, 1.82) is 0 Å². The molecule has 3 aromatic carbocycles. The van der Waals surface area contributed by atoms with Gasteiger partial charge in [0.05, 0.1) is 11.3 Å². The minimum absolute atomic E-state index is 0.152. The van der Waals surface area contributed by atoms with Gasteiger partial charge in [0.2, 0.25) is 5.91 Å². The molecule has 1 atom stereocenters. The lowest BCUT2D eigenvalue weighted by Crippen LogP contribution is -2.32. The first-order valence-corrected chi connectivity index (χ1v) is 13.0. The Hall–Kier alpha value is -3.75. The molecule has 0 saturated carbocycles. The topological polar surface area (TPSA) is 85.8 Å². The largest absolute Gasteiger partial charge is 0.378 e. The van der Waals surface area contributed by atoms with Crippen molar-refractivity contribution in [2.75, 3.05) is 35.4 Å². The van der Waals surface area contributed by atoms with Crippen LogP contribution >= 0.6 is 23.4 Å². The van der Waals surface area contributed by atoms with Crippen LogP contribution in [0.2, 0.25) is 5.02 Å². The zero-order chi connectivity index (χ0) is 26.4. The molecule has 0 saturated heterocycles. The lowest BCUT2D eigenvalue weighted by atomic mass is 9.95. The lowest BCUT2D eigenvalue weighted by Gasteiger charge is -2.26. The molecule has 37 heavy (non-hydrogen) atoms. The molecule has 0 aliphatic carbocycles. The van der Waals surface area contributed by atoms with E-state index < -0.39 is 6.04 Å². The Morgan fingerprint density at radius 2 is 1.59 bits per heavy atom. The van der Waals surface area contributed by atoms with Crippen LogP contribution in [0, 0.1) is 0 Å². The molecule has 0 aromatic heterocycles. The van der Waals surface area contributed by atoms with E-state index in [1.54, 1.807) is 24.3 Å². The molecule has 2 amide bonds. The normalized spacial score (nSPS) is 14.9. The van der Waals surface area contributed by atoms with Gasteiger partial charge < -0.3 is 20.9 Å². The monoisotopic (exact) mass is 533 g/mol. The molecule has 1 aliphatic heterocycles. The van der Waals surface area contributed by atoms with Gasteiger partial charge >= 0.3 is 0 Å². The zero-order valence-corrected chi connectivity index (χ0v) is 22.4. The van der Waals surface area contributed by atoms with Gasteiger partial charge in [-0.15, -0.1) is 0 Å². The second-order valence-corrected chi connectivity index (χ2v) is 10.1. The Labute approximate surface area is 226 Å². The van der Waals surface area contributed by atoms with Gasteiger partial charge in [-0.3, -0.25) is 9.59 Å². The van der Waals surface area contributed by atoms with Gasteiger partial charge in [-0.05, 0) is 61.0 Å². The molecule has 3 N–H and O–H groups in total. The SMILES string of the molecule is CC1=C(C(=O)Nc2ccccc2)[C@H](c2ccc(N(C)C)cc2)N=C(SCC(=O)Nc2ccc(Cl)cc2)N1. The molecule has 9 heteroatoms. The maximum atomic E-state index is 13.4. The van der Waals surface area contributed by atoms with Crippen molar-refractivity contribution in [3.8, 4) is 0 Å². The molecule has 190 valence electrons. The third-order valence-corrected chi connectivity index (χ3v) is 6.83. The second kappa shape index (κ2) is 12.0. The molecule has 0 spiro atoms. The van der Waals surface area contributed by atoms with Crippen LogP contribution in [0.3, 0.4) is 0 Å². The van der Waals surface area contributed by atoms with E-state index in [-0.39, 0.29) is 17.6 Å². The van der Waals surface area contributed by atoms with Crippen LogP contribution in [-0.4, -0.2) is 36.8 Å². The minimum atomic E-state index is -0.525. The highest BCUT2D eigenvalue weighted by Crippen LogP contribution is 2.34. The number of amidine groups is 1. The van der Waals surface area contributed by atoms with Crippen molar-refractivity contribution in [2.24, 2.45) is 4.99 Å². The number of halogens is 1. The van der Waals surface area contributed by atoms with Gasteiger partial charge in [0.25, 0.3) is 5.91 Å². The third kappa shape index (κ3) is 6.93. The molecule has 4 rings (SSSR count). The molecule has 3 aromatic rings. The number of nitrogens with zero attached hydrogens (tertiary/aromatic N) is 2. The van der Waals surface area contributed by atoms with E-state index in [4.69, 9.17) is 16.6 Å². The van der Waals surface area contributed by atoms with E-state index in [0.29, 0.717) is 32.8 Å². The van der Waals surface area contributed by atoms with Gasteiger partial charge in [0.15, 0.2) is 5.17 Å². The van der Waals surface area contributed by atoms with Crippen LogP contribution in [0.15, 0.2) is 95.1 Å². The smallest absolute Gasteiger partial charge is 0.255 e. The van der Waals surface area contributed by atoms with Gasteiger partial charge in [-0.25, -0.2) is 4.99 Å². The zero-order valence-electron chi connectivity index (χ0n) is 20.8. The fourth-order valence-corrected chi connectivity index (χ4v) is 4.67. The Kier molecular flexibility index (Phi) is 8.53. The van der Waals surface area contributed by atoms with E-state index >= 15 is 0 Å². The summed E-state index contributed by atoms with van der Waals surface area (Å²) in [6, 6.07) is 23.7. The molecular formula is C28H28ClN5O2S. The van der Waals surface area contributed by atoms with Crippen molar-refractivity contribution < 1.29 is 9.59 Å². The predicted molar refractivity (Wildman–Crippen MR) is 154 cm³/mol. The number of aliphatic imine (C=N–C) groups is 1. The summed E-state index contributed by atoms with van der Waals surface area (Å²) in [5.41, 5.74) is 4.52. The second-order valence-electron chi connectivity index (χ2n) is 8.65. The number of allylic oxidation sites excluding steroid dienone is 1. The quantitative estimate of drug-likeness (QED) is 0.363. The van der Waals surface area contributed by atoms with E-state index in [0.717, 1.165) is 11.3 Å². The molecule has 0 fully saturated rings. The van der Waals surface area contributed by atoms with E-state index in [2.05, 4.69) is 16.0 Å². The van der Waals surface area contributed by atoms with Gasteiger partial charge in [0, 0.05) is 41.9 Å². The van der Waals surface area contributed by atoms with Crippen molar-refractivity contribution >= 4 is 57.4 Å². The fraction of sp³-hybridized carbons (Fsp3) is 0.179. The Morgan fingerprint density at radius 3 is 2.24 bits per heavy atom. The highest BCUT2D eigenvalue weighted by Gasteiger charge is 2.30. The van der Waals surface area contributed by atoms with E-state index in [1.807, 2.05) is 80.5 Å². The van der Waals surface area contributed by atoms with Crippen LogP contribution in [0.1, 0.15) is 18.5 Å². The number of rotatable bonds is 7. The predicted octanol–water partition coefficient (Wildman–Crippen LogP) is 5.69. The maximum Gasteiger partial charge on any atom is 0.255 e. The Bertz CT molecular complexity index is 1320. The van der Waals surface area contributed by atoms with Crippen molar-refractivity contribution in [1.82, 2.24) is 5.32 Å². The van der Waals surface area contributed by atoms with E-state index in [9.17, 15) is 9.59 Å². The van der Waals surface area contributed by atoms with Crippen LogP contribution in [0.4, 0.5) is 17.1 Å². The van der Waals surface area contributed by atoms with E-state index in [1.165, 1.54) is 11.8 Å². The number of thioether (sulfide) groups is 1. The van der Waals surface area contributed by atoms with Crippen molar-refractivity contribution in [3.63, 3.8) is 0 Å². The first-order valence-electron chi connectivity index (χ1n) is 11.7. The number of anilines is 3. The summed E-state index contributed by atoms with van der Waals surface area (Å²) in [6.07, 6.45) is 0. The van der Waals surface area contributed by atoms with Crippen LogP contribution < -0.4 is 20.9 Å². The van der Waals surface area contributed by atoms with Crippen molar-refractivity contribution in [3.05, 3.63) is 101 Å². The number of para-hydroxylation sites is 1. The fourth-order valence-electron chi connectivity index (χ4n) is 3.79. The highest BCUT2D eigenvalue weighted by atomic mass is 35.5. The summed E-state index contributed by atoms with van der Waals surface area (Å²) in [5.74, 6) is -0.247. The van der Waals surface area contributed by atoms with Gasteiger partial charge in [-0.1, -0.05) is 53.7 Å². The molecule has 0 radical (unpaired) electrons. The summed E-state index contributed by atoms with van der Waals surface area (Å²) in [6.45, 7) is 1.85. The average Bonchev–Trinajstić information content (AvgIpc) is 2.89. The first kappa shape index (κ1) is 26.3. The highest BCUT2D eigenvalue weighted by molar-refractivity contribution is 8.14. The molecule has 0 unspecified atom stereocenters. The summed E-state index contributed by atoms with van der Waals surface area (Å²) >= 11 is 7.20. The number of amides is 2. The van der Waals surface area contributed by atoms with Crippen LogP contribution in [0.25, 0.3) is 0 Å². The minimum Gasteiger partial charge on any atom is -0.378 e. The standard InChI is InChI=1S/C28H28ClN5O2S/c1-18-25(27(36)32-21-7-5-4-6-8-21)26(19-9-15-23(16-10-19)34(2)3)33-28(30-18)37-17-24(35)31-22-13-11-20(29)12-14-22/h4-16,26H,17H2,1-3H3,(H,30,33)(H,31,35)(H,32,36)/t26-/m0/s1. The first-order chi connectivity index (χ1) is 17.8. The third-order valence-electron chi connectivity index (χ3n) is 5.69. The van der Waals surface area contributed by atoms with Gasteiger partial charge in [0.1, 0.15) is 6.04 Å². The molecular weight excluding hydrogens is 506 g/mol. The Balaban J connectivity index is 1.54. The number of nitrogens with one attached hydrogen (secondary N) is 3. The number of hydrogen-bond acceptors (Lipinski definition) is 6. The van der Waals surface area contributed by atoms with Crippen LogP contribution in [0.5, 0.6) is 0 Å². The average molecular weight is 534 g/mol. The summed E-state index contributed by atoms with van der Waals surface area (Å²) in [7, 11) is 3.95. The summed E-state index contributed by atoms with van der Waals surface area (Å²) < 4.78 is 0. The number of benzene rings is 3. The summed E-state index contributed by atoms with van der Waals surface area (Å²) in [4.78, 5) is 32.8. The van der Waals surface area contributed by atoms with Crippen LogP contribution in [-0.2, 0) is 9.59 Å². The number of carbonyl (C=O) groups is 2. The van der Waals surface area contributed by atoms with Crippen molar-refractivity contribution in [2.45, 2.75) is 13.0 Å². The molecule has 7 nitrogen and oxygen atoms in total. The Morgan fingerprint density at radius 1 is 0.946 bits per heavy atom. The number of carbonyl (C=O) groups excluding carboxylic acids is 2. The maximum absolute atomic E-state index is 13.4. The molecule has 1 heterocycles. The summed E-state index contributed by atoms with van der Waals surface area (Å²) in [5, 5.41) is 10.2. The number of hydrogen-bond donors (Lipinski definition) is 3. The van der Waals surface area contributed by atoms with Gasteiger partial charge in [-0.2, -0.15) is 0 Å².